The van der Waals surface area contributed by atoms with E-state index in [1.807, 2.05) is 9.97 Å². The molecule has 1 heterocycles. The number of azo groups is 2. The molecule has 0 radical (unpaired) electrons. The summed E-state index contributed by atoms with van der Waals surface area (Å²) in [5.41, 5.74) is -1.62. The first-order valence-electron chi connectivity index (χ1n) is 9.26. The highest BCUT2D eigenvalue weighted by atomic mass is 32.2. The van der Waals surface area contributed by atoms with Crippen LogP contribution in [-0.2, 0) is 20.2 Å². The Morgan fingerprint density at radius 3 is 1.80 bits per heavy atom. The molecule has 3 aromatic rings. The van der Waals surface area contributed by atoms with Crippen LogP contribution in [0, 0.1) is 13.8 Å². The van der Waals surface area contributed by atoms with E-state index in [4.69, 9.17) is 0 Å². The van der Waals surface area contributed by atoms with Gasteiger partial charge in [0, 0.05) is 0 Å². The molecule has 0 aliphatic carbocycles. The molecule has 0 bridgehead atoms. The molecule has 0 saturated carbocycles. The Kier molecular flexibility index (Phi) is 6.79. The highest BCUT2D eigenvalue weighted by molar-refractivity contribution is 7.86. The second kappa shape index (κ2) is 9.29. The van der Waals surface area contributed by atoms with Gasteiger partial charge in [-0.1, -0.05) is 0 Å². The molecule has 0 saturated heterocycles. The van der Waals surface area contributed by atoms with Crippen molar-refractivity contribution in [2.45, 2.75) is 23.6 Å². The van der Waals surface area contributed by atoms with Crippen molar-refractivity contribution in [3.63, 3.8) is 0 Å². The second-order valence-electron chi connectivity index (χ2n) is 7.01. The van der Waals surface area contributed by atoms with Gasteiger partial charge in [0.05, 0.1) is 16.3 Å². The standard InChI is InChI=1S/C18H16N6O9S2/c1-8-6-12(22-24-15-16(25)19-18(27)20-17(15)26)9(2)5-11(8)21-23-13-7-10(34(28,29)30)3-4-14(13)35(31,32)33/h3-7H,1-2H3,(H,28,29,30)(H,31,32,33)(H3,19,20,25,26,27). The third-order valence-corrected chi connectivity index (χ3v) is 6.19. The van der Waals surface area contributed by atoms with Crippen LogP contribution in [0.1, 0.15) is 11.1 Å². The fourth-order valence-electron chi connectivity index (χ4n) is 2.73. The fourth-order valence-corrected chi connectivity index (χ4v) is 3.83. The Morgan fingerprint density at radius 2 is 1.29 bits per heavy atom. The van der Waals surface area contributed by atoms with E-state index in [0.717, 1.165) is 18.2 Å². The van der Waals surface area contributed by atoms with E-state index in [1.165, 1.54) is 12.1 Å². The van der Waals surface area contributed by atoms with Gasteiger partial charge in [-0.15, -0.1) is 15.3 Å². The lowest BCUT2D eigenvalue weighted by Crippen LogP contribution is -2.20. The molecule has 0 amide bonds. The van der Waals surface area contributed by atoms with Gasteiger partial charge in [0.25, 0.3) is 25.8 Å². The predicted octanol–water partition coefficient (Wildman–Crippen LogP) is 2.71. The van der Waals surface area contributed by atoms with Gasteiger partial charge in [-0.3, -0.25) is 23.9 Å². The molecule has 0 atom stereocenters. The van der Waals surface area contributed by atoms with Gasteiger partial charge in [-0.25, -0.2) is 4.79 Å². The Balaban J connectivity index is 2.02. The number of aromatic nitrogens is 2. The molecule has 15 nitrogen and oxygen atoms in total. The minimum atomic E-state index is -4.80. The van der Waals surface area contributed by atoms with Gasteiger partial charge in [0.15, 0.2) is 0 Å². The van der Waals surface area contributed by atoms with Crippen molar-refractivity contribution in [3.8, 4) is 5.88 Å². The average Bonchev–Trinajstić information content (AvgIpc) is 2.72. The van der Waals surface area contributed by atoms with Crippen molar-refractivity contribution in [2.75, 3.05) is 0 Å². The monoisotopic (exact) mass is 524 g/mol. The summed E-state index contributed by atoms with van der Waals surface area (Å²) in [6.07, 6.45) is 0. The first kappa shape index (κ1) is 25.6. The molecule has 0 spiro atoms. The molecule has 2 aromatic carbocycles. The van der Waals surface area contributed by atoms with Crippen LogP contribution in [-0.4, -0.2) is 41.0 Å². The summed E-state index contributed by atoms with van der Waals surface area (Å²) >= 11 is 0. The first-order chi connectivity index (χ1) is 16.2. The fraction of sp³-hybridized carbons (Fsp3) is 0.111. The molecular formula is C18H16N6O9S2. The van der Waals surface area contributed by atoms with Crippen LogP contribution in [0.2, 0.25) is 0 Å². The lowest BCUT2D eigenvalue weighted by Gasteiger charge is -2.06. The van der Waals surface area contributed by atoms with E-state index in [0.29, 0.717) is 11.1 Å². The molecule has 0 aliphatic heterocycles. The van der Waals surface area contributed by atoms with Crippen LogP contribution >= 0.6 is 0 Å². The van der Waals surface area contributed by atoms with E-state index in [1.54, 1.807) is 13.8 Å². The van der Waals surface area contributed by atoms with Crippen LogP contribution in [0.15, 0.2) is 70.2 Å². The number of hydrogen-bond acceptors (Lipinski definition) is 11. The zero-order chi connectivity index (χ0) is 26.1. The molecule has 5 N–H and O–H groups in total. The largest absolute Gasteiger partial charge is 0.493 e. The average molecular weight is 524 g/mol. The number of nitrogens with one attached hydrogen (secondary N) is 2. The zero-order valence-electron chi connectivity index (χ0n) is 17.8. The van der Waals surface area contributed by atoms with Crippen molar-refractivity contribution >= 4 is 43.0 Å². The van der Waals surface area contributed by atoms with Crippen LogP contribution in [0.4, 0.5) is 22.7 Å². The third kappa shape index (κ3) is 5.90. The molecule has 3 rings (SSSR count). The molecule has 0 fully saturated rings. The highest BCUT2D eigenvalue weighted by Gasteiger charge is 2.20. The van der Waals surface area contributed by atoms with Crippen LogP contribution in [0.3, 0.4) is 0 Å². The SMILES string of the molecule is Cc1cc(N=Nc2c(O)[nH]c(=O)[nH]c2=O)c(C)cc1N=Nc1cc(S(=O)(=O)O)ccc1S(=O)(=O)O. The molecule has 184 valence electrons. The number of aromatic amines is 2. The Bertz CT molecular complexity index is 1720. The second-order valence-corrected chi connectivity index (χ2v) is 9.82. The van der Waals surface area contributed by atoms with Crippen molar-refractivity contribution in [3.05, 3.63) is 62.3 Å². The predicted molar refractivity (Wildman–Crippen MR) is 120 cm³/mol. The number of rotatable bonds is 6. The summed E-state index contributed by atoms with van der Waals surface area (Å²) in [6, 6.07) is 5.19. The molecule has 0 unspecified atom stereocenters. The van der Waals surface area contributed by atoms with Crippen molar-refractivity contribution in [1.29, 1.82) is 0 Å². The number of hydrogen-bond donors (Lipinski definition) is 5. The lowest BCUT2D eigenvalue weighted by atomic mass is 10.1. The van der Waals surface area contributed by atoms with E-state index in [2.05, 4.69) is 20.5 Å². The summed E-state index contributed by atoms with van der Waals surface area (Å²) in [7, 11) is -9.49. The number of nitrogens with zero attached hydrogens (tertiary/aromatic N) is 4. The quantitative estimate of drug-likeness (QED) is 0.234. The number of aromatic hydroxyl groups is 1. The maximum Gasteiger partial charge on any atom is 0.328 e. The topological polar surface area (TPSA) is 244 Å². The Hall–Kier alpha value is -4.06. The maximum atomic E-state index is 11.8. The number of aryl methyl sites for hydroxylation is 2. The van der Waals surface area contributed by atoms with Gasteiger partial charge in [-0.05, 0) is 55.3 Å². The highest BCUT2D eigenvalue weighted by Crippen LogP contribution is 2.33. The van der Waals surface area contributed by atoms with Gasteiger partial charge in [-0.2, -0.15) is 21.9 Å². The molecule has 17 heteroatoms. The summed E-state index contributed by atoms with van der Waals surface area (Å²) in [4.78, 5) is 25.3. The van der Waals surface area contributed by atoms with Crippen molar-refractivity contribution in [2.24, 2.45) is 20.5 Å². The molecule has 35 heavy (non-hydrogen) atoms. The van der Waals surface area contributed by atoms with Crippen molar-refractivity contribution < 1.29 is 31.0 Å². The summed E-state index contributed by atoms with van der Waals surface area (Å²) in [6.45, 7) is 3.17. The lowest BCUT2D eigenvalue weighted by molar-refractivity contribution is 0.450. The molecule has 1 aromatic heterocycles. The normalized spacial score (nSPS) is 12.6. The van der Waals surface area contributed by atoms with E-state index < -0.39 is 58.5 Å². The van der Waals surface area contributed by atoms with Crippen LogP contribution < -0.4 is 11.2 Å². The van der Waals surface area contributed by atoms with Gasteiger partial charge in [0.2, 0.25) is 11.6 Å². The first-order valence-corrected chi connectivity index (χ1v) is 12.1. The number of benzene rings is 2. The summed E-state index contributed by atoms with van der Waals surface area (Å²) in [5, 5.41) is 24.8. The Morgan fingerprint density at radius 1 is 0.743 bits per heavy atom. The molecule has 0 aliphatic rings. The maximum absolute atomic E-state index is 11.8. The van der Waals surface area contributed by atoms with Gasteiger partial charge < -0.3 is 5.11 Å². The van der Waals surface area contributed by atoms with Gasteiger partial charge in [0.1, 0.15) is 10.6 Å². The number of H-pyrrole nitrogens is 2. The Labute approximate surface area is 196 Å². The van der Waals surface area contributed by atoms with E-state index >= 15 is 0 Å². The molecular weight excluding hydrogens is 508 g/mol. The van der Waals surface area contributed by atoms with Gasteiger partial charge >= 0.3 is 5.69 Å². The van der Waals surface area contributed by atoms with E-state index in [9.17, 15) is 40.6 Å². The minimum Gasteiger partial charge on any atom is -0.493 e. The van der Waals surface area contributed by atoms with Crippen LogP contribution in [0.25, 0.3) is 0 Å². The minimum absolute atomic E-state index is 0.199. The van der Waals surface area contributed by atoms with Crippen LogP contribution in [0.5, 0.6) is 5.88 Å². The summed E-state index contributed by atoms with van der Waals surface area (Å²) in [5.74, 6) is -0.774. The summed E-state index contributed by atoms with van der Waals surface area (Å²) < 4.78 is 64.5. The zero-order valence-corrected chi connectivity index (χ0v) is 19.4. The van der Waals surface area contributed by atoms with Crippen molar-refractivity contribution in [1.82, 2.24) is 9.97 Å². The van der Waals surface area contributed by atoms with E-state index in [-0.39, 0.29) is 11.4 Å². The third-order valence-electron chi connectivity index (χ3n) is 4.44. The smallest absolute Gasteiger partial charge is 0.328 e.